The third kappa shape index (κ3) is 4.58. The van der Waals surface area contributed by atoms with E-state index in [4.69, 9.17) is 16.3 Å². The van der Waals surface area contributed by atoms with Crippen molar-refractivity contribution in [1.29, 1.82) is 0 Å². The minimum absolute atomic E-state index is 0.173. The molecule has 6 nitrogen and oxygen atoms in total. The lowest BCUT2D eigenvalue weighted by Crippen LogP contribution is -2.07. The van der Waals surface area contributed by atoms with Crippen molar-refractivity contribution in [3.63, 3.8) is 0 Å². The van der Waals surface area contributed by atoms with Crippen LogP contribution in [0, 0.1) is 0 Å². The lowest BCUT2D eigenvalue weighted by molar-refractivity contribution is -0.139. The zero-order chi connectivity index (χ0) is 17.6. The third-order valence-corrected chi connectivity index (χ3v) is 4.29. The molecule has 2 aromatic heterocycles. The second kappa shape index (κ2) is 8.13. The number of aromatic nitrogens is 4. The fraction of sp³-hybridized carbons (Fsp3) is 0.176. The molecule has 0 saturated heterocycles. The molecule has 0 amide bonds. The van der Waals surface area contributed by atoms with Crippen molar-refractivity contribution in [3.8, 4) is 17.1 Å². The van der Waals surface area contributed by atoms with Crippen molar-refractivity contribution in [2.45, 2.75) is 12.1 Å². The molecule has 0 spiro atoms. The maximum absolute atomic E-state index is 11.4. The molecule has 0 N–H and O–H groups in total. The molecule has 0 unspecified atom stereocenters. The van der Waals surface area contributed by atoms with Crippen molar-refractivity contribution in [2.75, 3.05) is 12.4 Å². The normalized spacial score (nSPS) is 10.6. The molecule has 0 atom stereocenters. The number of hydrogen-bond donors (Lipinski definition) is 0. The van der Waals surface area contributed by atoms with Gasteiger partial charge in [-0.2, -0.15) is 5.10 Å². The summed E-state index contributed by atoms with van der Waals surface area (Å²) < 4.78 is 6.56. The number of thioether (sulfide) groups is 1. The quantitative estimate of drug-likeness (QED) is 0.372. The van der Waals surface area contributed by atoms with Crippen molar-refractivity contribution in [1.82, 2.24) is 19.7 Å². The molecule has 3 aromatic rings. The van der Waals surface area contributed by atoms with Crippen LogP contribution in [0.15, 0.2) is 53.9 Å². The summed E-state index contributed by atoms with van der Waals surface area (Å²) in [6.45, 7) is 2.14. The van der Waals surface area contributed by atoms with Crippen LogP contribution in [0.5, 0.6) is 0 Å². The first-order valence-electron chi connectivity index (χ1n) is 7.59. The number of carbonyl (C=O) groups excluding carboxylic acids is 1. The van der Waals surface area contributed by atoms with Crippen LogP contribution in [0.25, 0.3) is 17.1 Å². The number of nitrogens with zero attached hydrogens (tertiary/aromatic N) is 4. The van der Waals surface area contributed by atoms with E-state index in [-0.39, 0.29) is 11.7 Å². The average molecular weight is 375 g/mol. The first-order chi connectivity index (χ1) is 12.2. The summed E-state index contributed by atoms with van der Waals surface area (Å²) in [7, 11) is 0. The Balaban J connectivity index is 1.75. The van der Waals surface area contributed by atoms with E-state index in [0.29, 0.717) is 22.6 Å². The van der Waals surface area contributed by atoms with Crippen molar-refractivity contribution in [2.24, 2.45) is 0 Å². The lowest BCUT2D eigenvalue weighted by atomic mass is 10.2. The summed E-state index contributed by atoms with van der Waals surface area (Å²) in [6, 6.07) is 11.1. The first kappa shape index (κ1) is 17.4. The molecule has 25 heavy (non-hydrogen) atoms. The molecular weight excluding hydrogens is 360 g/mol. The Morgan fingerprint density at radius 3 is 2.80 bits per heavy atom. The number of esters is 1. The van der Waals surface area contributed by atoms with Crippen LogP contribution in [0.2, 0.25) is 5.02 Å². The molecule has 3 rings (SSSR count). The van der Waals surface area contributed by atoms with E-state index in [9.17, 15) is 4.79 Å². The maximum Gasteiger partial charge on any atom is 0.316 e. The van der Waals surface area contributed by atoms with E-state index < -0.39 is 0 Å². The Labute approximate surface area is 154 Å². The minimum atomic E-state index is -0.286. The molecule has 0 fully saturated rings. The summed E-state index contributed by atoms with van der Waals surface area (Å²) in [5, 5.41) is 5.71. The molecule has 0 saturated carbocycles. The predicted octanol–water partition coefficient (Wildman–Crippen LogP) is 3.64. The predicted molar refractivity (Wildman–Crippen MR) is 97.0 cm³/mol. The van der Waals surface area contributed by atoms with Crippen molar-refractivity contribution < 1.29 is 9.53 Å². The summed E-state index contributed by atoms with van der Waals surface area (Å²) in [4.78, 5) is 20.0. The molecule has 128 valence electrons. The van der Waals surface area contributed by atoms with Gasteiger partial charge in [-0.3, -0.25) is 4.79 Å². The van der Waals surface area contributed by atoms with Crippen LogP contribution in [0.4, 0.5) is 0 Å². The van der Waals surface area contributed by atoms with Gasteiger partial charge < -0.3 is 4.74 Å². The molecule has 0 aliphatic carbocycles. The Morgan fingerprint density at radius 1 is 1.24 bits per heavy atom. The van der Waals surface area contributed by atoms with Gasteiger partial charge in [-0.05, 0) is 25.1 Å². The second-order valence-electron chi connectivity index (χ2n) is 4.94. The topological polar surface area (TPSA) is 69.9 Å². The summed E-state index contributed by atoms with van der Waals surface area (Å²) in [5.74, 6) is 0.513. The van der Waals surface area contributed by atoms with Gasteiger partial charge >= 0.3 is 5.97 Å². The number of benzene rings is 1. The Kier molecular flexibility index (Phi) is 5.67. The van der Waals surface area contributed by atoms with E-state index in [1.807, 2.05) is 36.5 Å². The first-order valence-corrected chi connectivity index (χ1v) is 8.95. The number of hydrogen-bond acceptors (Lipinski definition) is 6. The van der Waals surface area contributed by atoms with Crippen LogP contribution in [0.1, 0.15) is 6.92 Å². The number of rotatable bonds is 6. The van der Waals surface area contributed by atoms with Gasteiger partial charge in [0.05, 0.1) is 18.1 Å². The highest BCUT2D eigenvalue weighted by Crippen LogP contribution is 2.21. The molecule has 0 aliphatic heterocycles. The second-order valence-corrected chi connectivity index (χ2v) is 6.32. The van der Waals surface area contributed by atoms with Crippen molar-refractivity contribution in [3.05, 3.63) is 53.8 Å². The standard InChI is InChI=1S/C17H15ClN4O2S/c1-2-24-16(23)11-25-17-19-9-7-15(20-17)22-10-8-14(21-22)12-3-5-13(18)6-4-12/h3-10H,2,11H2,1H3. The van der Waals surface area contributed by atoms with Crippen LogP contribution < -0.4 is 0 Å². The van der Waals surface area contributed by atoms with E-state index >= 15 is 0 Å². The van der Waals surface area contributed by atoms with Crippen LogP contribution in [-0.4, -0.2) is 38.1 Å². The van der Waals surface area contributed by atoms with E-state index in [1.165, 1.54) is 11.8 Å². The van der Waals surface area contributed by atoms with E-state index in [2.05, 4.69) is 15.1 Å². The molecule has 0 radical (unpaired) electrons. The maximum atomic E-state index is 11.4. The van der Waals surface area contributed by atoms with Gasteiger partial charge in [0.1, 0.15) is 0 Å². The fourth-order valence-electron chi connectivity index (χ4n) is 2.08. The van der Waals surface area contributed by atoms with E-state index in [1.54, 1.807) is 23.9 Å². The lowest BCUT2D eigenvalue weighted by Gasteiger charge is -2.04. The minimum Gasteiger partial charge on any atom is -0.465 e. The van der Waals surface area contributed by atoms with Gasteiger partial charge in [0.25, 0.3) is 0 Å². The fourth-order valence-corrected chi connectivity index (χ4v) is 2.83. The number of carbonyl (C=O) groups is 1. The summed E-state index contributed by atoms with van der Waals surface area (Å²) in [5.41, 5.74) is 1.78. The number of ether oxygens (including phenoxy) is 1. The monoisotopic (exact) mass is 374 g/mol. The van der Waals surface area contributed by atoms with Crippen LogP contribution in [-0.2, 0) is 9.53 Å². The molecule has 0 bridgehead atoms. The average Bonchev–Trinajstić information content (AvgIpc) is 3.11. The Hall–Kier alpha value is -2.38. The van der Waals surface area contributed by atoms with Crippen molar-refractivity contribution >= 4 is 29.3 Å². The van der Waals surface area contributed by atoms with Gasteiger partial charge in [-0.1, -0.05) is 35.5 Å². The van der Waals surface area contributed by atoms with Gasteiger partial charge in [-0.15, -0.1) is 0 Å². The highest BCUT2D eigenvalue weighted by molar-refractivity contribution is 7.99. The smallest absolute Gasteiger partial charge is 0.316 e. The molecular formula is C17H15ClN4O2S. The van der Waals surface area contributed by atoms with Gasteiger partial charge in [0, 0.05) is 29.0 Å². The largest absolute Gasteiger partial charge is 0.465 e. The Bertz CT molecular complexity index is 867. The van der Waals surface area contributed by atoms with Gasteiger partial charge in [0.2, 0.25) is 0 Å². The SMILES string of the molecule is CCOC(=O)CSc1nccc(-n2ccc(-c3ccc(Cl)cc3)n2)n1. The van der Waals surface area contributed by atoms with Gasteiger partial charge in [0.15, 0.2) is 11.0 Å². The molecule has 8 heteroatoms. The summed E-state index contributed by atoms with van der Waals surface area (Å²) >= 11 is 7.14. The number of halogens is 1. The highest BCUT2D eigenvalue weighted by atomic mass is 35.5. The zero-order valence-corrected chi connectivity index (χ0v) is 15.0. The molecule has 2 heterocycles. The van der Waals surface area contributed by atoms with Gasteiger partial charge in [-0.25, -0.2) is 14.6 Å². The third-order valence-electron chi connectivity index (χ3n) is 3.21. The Morgan fingerprint density at radius 2 is 2.04 bits per heavy atom. The van der Waals surface area contributed by atoms with E-state index in [0.717, 1.165) is 11.3 Å². The zero-order valence-electron chi connectivity index (χ0n) is 13.4. The summed E-state index contributed by atoms with van der Waals surface area (Å²) in [6.07, 6.45) is 3.46. The highest BCUT2D eigenvalue weighted by Gasteiger charge is 2.09. The molecule has 1 aromatic carbocycles. The van der Waals surface area contributed by atoms with Crippen LogP contribution in [0.3, 0.4) is 0 Å². The molecule has 0 aliphatic rings. The van der Waals surface area contributed by atoms with Crippen LogP contribution >= 0.6 is 23.4 Å².